The van der Waals surface area contributed by atoms with E-state index in [0.29, 0.717) is 18.7 Å². The Kier molecular flexibility index (Phi) is 4.90. The molecule has 1 rings (SSSR count). The van der Waals surface area contributed by atoms with Gasteiger partial charge in [-0.1, -0.05) is 12.2 Å². The van der Waals surface area contributed by atoms with Crippen molar-refractivity contribution in [3.8, 4) is 11.8 Å². The molecule has 0 saturated heterocycles. The fourth-order valence-corrected chi connectivity index (χ4v) is 1.24. The zero-order valence-corrected chi connectivity index (χ0v) is 9.23. The summed E-state index contributed by atoms with van der Waals surface area (Å²) in [6, 6.07) is 7.41. The van der Waals surface area contributed by atoms with Crippen LogP contribution in [0.3, 0.4) is 0 Å². The molecular weight excluding hydrogens is 202 g/mol. The lowest BCUT2D eigenvalue weighted by Crippen LogP contribution is -2.02. The molecule has 3 N–H and O–H groups in total. The highest BCUT2D eigenvalue weighted by Gasteiger charge is 2.02. The first kappa shape index (κ1) is 12.1. The van der Waals surface area contributed by atoms with Crippen molar-refractivity contribution in [3.05, 3.63) is 35.9 Å². The molecular formula is C12H15N3O. The highest BCUT2D eigenvalue weighted by Crippen LogP contribution is 2.21. The van der Waals surface area contributed by atoms with Crippen LogP contribution in [0, 0.1) is 11.3 Å². The molecule has 0 bridgehead atoms. The van der Waals surface area contributed by atoms with E-state index < -0.39 is 0 Å². The average molecular weight is 217 g/mol. The molecule has 0 aliphatic heterocycles. The van der Waals surface area contributed by atoms with Gasteiger partial charge in [0.15, 0.2) is 0 Å². The summed E-state index contributed by atoms with van der Waals surface area (Å²) in [7, 11) is 1.60. The molecule has 4 heteroatoms. The van der Waals surface area contributed by atoms with Crippen molar-refractivity contribution in [1.29, 1.82) is 5.26 Å². The van der Waals surface area contributed by atoms with Gasteiger partial charge in [0, 0.05) is 19.2 Å². The first-order valence-corrected chi connectivity index (χ1v) is 4.99. The number of nitrogens with one attached hydrogen (secondary N) is 1. The SMILES string of the molecule is COc1ccc(C#N)c(NC/C=C/CN)c1. The minimum Gasteiger partial charge on any atom is -0.497 e. The molecule has 84 valence electrons. The summed E-state index contributed by atoms with van der Waals surface area (Å²) in [4.78, 5) is 0. The Balaban J connectivity index is 2.76. The molecule has 0 amide bonds. The number of nitriles is 1. The summed E-state index contributed by atoms with van der Waals surface area (Å²) >= 11 is 0. The maximum atomic E-state index is 8.92. The average Bonchev–Trinajstić information content (AvgIpc) is 2.34. The Morgan fingerprint density at radius 1 is 1.50 bits per heavy atom. The van der Waals surface area contributed by atoms with E-state index in [2.05, 4.69) is 11.4 Å². The van der Waals surface area contributed by atoms with Crippen molar-refractivity contribution in [1.82, 2.24) is 0 Å². The Morgan fingerprint density at radius 2 is 2.31 bits per heavy atom. The van der Waals surface area contributed by atoms with Crippen LogP contribution in [0.15, 0.2) is 30.4 Å². The van der Waals surface area contributed by atoms with Crippen LogP contribution in [0.2, 0.25) is 0 Å². The lowest BCUT2D eigenvalue weighted by atomic mass is 10.2. The van der Waals surface area contributed by atoms with Gasteiger partial charge < -0.3 is 15.8 Å². The van der Waals surface area contributed by atoms with Gasteiger partial charge >= 0.3 is 0 Å². The molecule has 0 aromatic heterocycles. The summed E-state index contributed by atoms with van der Waals surface area (Å²) in [5.74, 6) is 0.726. The fraction of sp³-hybridized carbons (Fsp3) is 0.250. The summed E-state index contributed by atoms with van der Waals surface area (Å²) in [6.45, 7) is 1.16. The molecule has 0 unspecified atom stereocenters. The van der Waals surface area contributed by atoms with E-state index in [1.165, 1.54) is 0 Å². The van der Waals surface area contributed by atoms with Gasteiger partial charge in [0.05, 0.1) is 18.4 Å². The van der Waals surface area contributed by atoms with Gasteiger partial charge in [0.25, 0.3) is 0 Å². The quantitative estimate of drug-likeness (QED) is 0.733. The van der Waals surface area contributed by atoms with Crippen LogP contribution >= 0.6 is 0 Å². The van der Waals surface area contributed by atoms with Crippen molar-refractivity contribution in [3.63, 3.8) is 0 Å². The van der Waals surface area contributed by atoms with Crippen molar-refractivity contribution < 1.29 is 4.74 Å². The monoisotopic (exact) mass is 217 g/mol. The van der Waals surface area contributed by atoms with E-state index in [1.54, 1.807) is 25.3 Å². The minimum atomic E-state index is 0.519. The third-order valence-electron chi connectivity index (χ3n) is 2.06. The number of methoxy groups -OCH3 is 1. The maximum absolute atomic E-state index is 8.92. The Bertz CT molecular complexity index is 407. The number of benzene rings is 1. The van der Waals surface area contributed by atoms with Crippen LogP contribution < -0.4 is 15.8 Å². The molecule has 1 aromatic carbocycles. The zero-order chi connectivity index (χ0) is 11.8. The zero-order valence-electron chi connectivity index (χ0n) is 9.23. The predicted octanol–water partition coefficient (Wildman–Crippen LogP) is 1.49. The Hall–Kier alpha value is -1.99. The standard InChI is InChI=1S/C12H15N3O/c1-16-11-5-4-10(9-14)12(8-11)15-7-3-2-6-13/h2-5,8,15H,6-7,13H2,1H3/b3-2+. The van der Waals surface area contributed by atoms with Crippen molar-refractivity contribution in [2.75, 3.05) is 25.5 Å². The van der Waals surface area contributed by atoms with Crippen molar-refractivity contribution in [2.45, 2.75) is 0 Å². The number of nitrogens with zero attached hydrogens (tertiary/aromatic N) is 1. The molecule has 0 fully saturated rings. The highest BCUT2D eigenvalue weighted by atomic mass is 16.5. The number of anilines is 1. The third kappa shape index (κ3) is 3.30. The predicted molar refractivity (Wildman–Crippen MR) is 64.4 cm³/mol. The van der Waals surface area contributed by atoms with Gasteiger partial charge in [0.2, 0.25) is 0 Å². The number of nitrogens with two attached hydrogens (primary N) is 1. The van der Waals surface area contributed by atoms with Crippen LogP contribution in [0.5, 0.6) is 5.75 Å². The molecule has 4 nitrogen and oxygen atoms in total. The lowest BCUT2D eigenvalue weighted by Gasteiger charge is -2.07. The second kappa shape index (κ2) is 6.49. The van der Waals surface area contributed by atoms with Crippen molar-refractivity contribution in [2.24, 2.45) is 5.73 Å². The summed E-state index contributed by atoms with van der Waals surface area (Å²) < 4.78 is 5.09. The van der Waals surface area contributed by atoms with E-state index >= 15 is 0 Å². The number of ether oxygens (including phenoxy) is 1. The topological polar surface area (TPSA) is 71.1 Å². The van der Waals surface area contributed by atoms with Gasteiger partial charge in [-0.3, -0.25) is 0 Å². The lowest BCUT2D eigenvalue weighted by molar-refractivity contribution is 0.415. The molecule has 0 saturated carbocycles. The van der Waals surface area contributed by atoms with Gasteiger partial charge in [-0.15, -0.1) is 0 Å². The van der Waals surface area contributed by atoms with Crippen LogP contribution in [0.4, 0.5) is 5.69 Å². The number of rotatable bonds is 5. The highest BCUT2D eigenvalue weighted by molar-refractivity contribution is 5.60. The second-order valence-electron chi connectivity index (χ2n) is 3.11. The molecule has 0 spiro atoms. The van der Waals surface area contributed by atoms with Gasteiger partial charge in [-0.05, 0) is 12.1 Å². The van der Waals surface area contributed by atoms with Crippen molar-refractivity contribution >= 4 is 5.69 Å². The maximum Gasteiger partial charge on any atom is 0.121 e. The number of hydrogen-bond acceptors (Lipinski definition) is 4. The van der Waals surface area contributed by atoms with Crippen LogP contribution in [-0.4, -0.2) is 20.2 Å². The van der Waals surface area contributed by atoms with Crippen LogP contribution in [-0.2, 0) is 0 Å². The summed E-state index contributed by atoms with van der Waals surface area (Å²) in [5.41, 5.74) is 6.69. The molecule has 16 heavy (non-hydrogen) atoms. The van der Waals surface area contributed by atoms with Gasteiger partial charge in [-0.2, -0.15) is 5.26 Å². The van der Waals surface area contributed by atoms with Gasteiger partial charge in [0.1, 0.15) is 11.8 Å². The molecule has 0 radical (unpaired) electrons. The molecule has 0 heterocycles. The second-order valence-corrected chi connectivity index (χ2v) is 3.11. The first-order chi connectivity index (χ1) is 7.81. The molecule has 0 aliphatic rings. The smallest absolute Gasteiger partial charge is 0.121 e. The number of hydrogen-bond donors (Lipinski definition) is 2. The van der Waals surface area contributed by atoms with E-state index in [0.717, 1.165) is 11.4 Å². The molecule has 0 aliphatic carbocycles. The molecule has 0 atom stereocenters. The van der Waals surface area contributed by atoms with E-state index in [9.17, 15) is 0 Å². The van der Waals surface area contributed by atoms with E-state index in [-0.39, 0.29) is 0 Å². The normalized spacial score (nSPS) is 10.1. The minimum absolute atomic E-state index is 0.519. The summed E-state index contributed by atoms with van der Waals surface area (Å²) in [5, 5.41) is 12.0. The third-order valence-corrected chi connectivity index (χ3v) is 2.06. The molecule has 1 aromatic rings. The van der Waals surface area contributed by atoms with E-state index in [1.807, 2.05) is 12.2 Å². The van der Waals surface area contributed by atoms with Gasteiger partial charge in [-0.25, -0.2) is 0 Å². The fourth-order valence-electron chi connectivity index (χ4n) is 1.24. The summed E-state index contributed by atoms with van der Waals surface area (Å²) in [6.07, 6.45) is 3.78. The van der Waals surface area contributed by atoms with E-state index in [4.69, 9.17) is 15.7 Å². The Labute approximate surface area is 95.3 Å². The largest absolute Gasteiger partial charge is 0.497 e. The first-order valence-electron chi connectivity index (χ1n) is 4.99. The van der Waals surface area contributed by atoms with Crippen LogP contribution in [0.1, 0.15) is 5.56 Å². The van der Waals surface area contributed by atoms with Crippen LogP contribution in [0.25, 0.3) is 0 Å². The Morgan fingerprint density at radius 3 is 2.94 bits per heavy atom.